The highest BCUT2D eigenvalue weighted by Crippen LogP contribution is 2.24. The highest BCUT2D eigenvalue weighted by molar-refractivity contribution is 5.84. The summed E-state index contributed by atoms with van der Waals surface area (Å²) in [6.45, 7) is 0. The van der Waals surface area contributed by atoms with Crippen LogP contribution in [0.15, 0.2) is 48.7 Å². The Morgan fingerprint density at radius 1 is 1.24 bits per heavy atom. The fourth-order valence-corrected chi connectivity index (χ4v) is 2.31. The number of hydrogen-bond acceptors (Lipinski definition) is 2. The van der Waals surface area contributed by atoms with Crippen LogP contribution >= 0.6 is 0 Å². The average molecular weight is 284 g/mol. The van der Waals surface area contributed by atoms with Gasteiger partial charge in [-0.2, -0.15) is 0 Å². The maximum absolute atomic E-state index is 13.1. The molecule has 108 valence electrons. The van der Waals surface area contributed by atoms with Crippen LogP contribution in [-0.2, 0) is 11.2 Å². The molecule has 1 aliphatic rings. The van der Waals surface area contributed by atoms with E-state index in [1.807, 2.05) is 18.2 Å². The lowest BCUT2D eigenvalue weighted by Crippen LogP contribution is -2.32. The molecular weight excluding hydrogens is 267 g/mol. The Balaban J connectivity index is 1.82. The molecule has 1 aliphatic carbocycles. The SMILES string of the molecule is O=C(NC1CC1)C(Cc1ccccn1)c1ccc(F)cc1. The molecule has 3 rings (SSSR count). The summed E-state index contributed by atoms with van der Waals surface area (Å²) >= 11 is 0. The third-order valence-electron chi connectivity index (χ3n) is 3.65. The normalized spacial score (nSPS) is 15.5. The van der Waals surface area contributed by atoms with Gasteiger partial charge in [0.2, 0.25) is 5.91 Å². The number of halogens is 1. The van der Waals surface area contributed by atoms with Gasteiger partial charge in [-0.3, -0.25) is 9.78 Å². The van der Waals surface area contributed by atoms with Crippen molar-refractivity contribution in [3.63, 3.8) is 0 Å². The number of rotatable bonds is 5. The molecule has 3 nitrogen and oxygen atoms in total. The van der Waals surface area contributed by atoms with Gasteiger partial charge in [-0.1, -0.05) is 18.2 Å². The highest BCUT2D eigenvalue weighted by atomic mass is 19.1. The molecule has 1 amide bonds. The van der Waals surface area contributed by atoms with Crippen molar-refractivity contribution in [2.75, 3.05) is 0 Å². The summed E-state index contributed by atoms with van der Waals surface area (Å²) in [5.41, 5.74) is 1.68. The first-order valence-electron chi connectivity index (χ1n) is 7.18. The molecule has 0 radical (unpaired) electrons. The van der Waals surface area contributed by atoms with Gasteiger partial charge in [-0.15, -0.1) is 0 Å². The minimum Gasteiger partial charge on any atom is -0.353 e. The number of benzene rings is 1. The molecule has 1 atom stereocenters. The third kappa shape index (κ3) is 3.66. The number of hydrogen-bond donors (Lipinski definition) is 1. The van der Waals surface area contributed by atoms with Gasteiger partial charge in [-0.05, 0) is 42.7 Å². The summed E-state index contributed by atoms with van der Waals surface area (Å²) in [5.74, 6) is -0.631. The number of nitrogens with one attached hydrogen (secondary N) is 1. The van der Waals surface area contributed by atoms with Crippen LogP contribution in [-0.4, -0.2) is 16.9 Å². The Bertz CT molecular complexity index is 608. The highest BCUT2D eigenvalue weighted by Gasteiger charge is 2.28. The Labute approximate surface area is 123 Å². The van der Waals surface area contributed by atoms with Gasteiger partial charge < -0.3 is 5.32 Å². The van der Waals surface area contributed by atoms with E-state index < -0.39 is 0 Å². The predicted molar refractivity (Wildman–Crippen MR) is 78.2 cm³/mol. The van der Waals surface area contributed by atoms with Gasteiger partial charge in [0.25, 0.3) is 0 Å². The van der Waals surface area contributed by atoms with Crippen molar-refractivity contribution in [1.82, 2.24) is 10.3 Å². The van der Waals surface area contributed by atoms with E-state index in [0.29, 0.717) is 12.5 Å². The van der Waals surface area contributed by atoms with E-state index in [4.69, 9.17) is 0 Å². The minimum atomic E-state index is -0.332. The molecule has 1 fully saturated rings. The Kier molecular flexibility index (Phi) is 3.95. The van der Waals surface area contributed by atoms with Crippen molar-refractivity contribution in [1.29, 1.82) is 0 Å². The molecule has 1 saturated carbocycles. The Morgan fingerprint density at radius 2 is 2.00 bits per heavy atom. The summed E-state index contributed by atoms with van der Waals surface area (Å²) in [6.07, 6.45) is 4.33. The van der Waals surface area contributed by atoms with Gasteiger partial charge in [-0.25, -0.2) is 4.39 Å². The average Bonchev–Trinajstić information content (AvgIpc) is 3.31. The van der Waals surface area contributed by atoms with Crippen molar-refractivity contribution >= 4 is 5.91 Å². The molecular formula is C17H17FN2O. The largest absolute Gasteiger partial charge is 0.353 e. The number of nitrogens with zero attached hydrogens (tertiary/aromatic N) is 1. The lowest BCUT2D eigenvalue weighted by atomic mass is 9.93. The molecule has 0 spiro atoms. The lowest BCUT2D eigenvalue weighted by Gasteiger charge is -2.17. The van der Waals surface area contributed by atoms with Crippen molar-refractivity contribution in [2.45, 2.75) is 31.2 Å². The van der Waals surface area contributed by atoms with E-state index >= 15 is 0 Å². The fraction of sp³-hybridized carbons (Fsp3) is 0.294. The molecule has 1 aromatic heterocycles. The molecule has 1 N–H and O–H groups in total. The maximum Gasteiger partial charge on any atom is 0.228 e. The molecule has 21 heavy (non-hydrogen) atoms. The molecule has 1 aromatic carbocycles. The second-order valence-electron chi connectivity index (χ2n) is 5.41. The maximum atomic E-state index is 13.1. The zero-order valence-electron chi connectivity index (χ0n) is 11.6. The summed E-state index contributed by atoms with van der Waals surface area (Å²) in [6, 6.07) is 12.1. The van der Waals surface area contributed by atoms with E-state index in [0.717, 1.165) is 24.1 Å². The zero-order chi connectivity index (χ0) is 14.7. The summed E-state index contributed by atoms with van der Waals surface area (Å²) < 4.78 is 13.1. The lowest BCUT2D eigenvalue weighted by molar-refractivity contribution is -0.122. The Hall–Kier alpha value is -2.23. The van der Waals surface area contributed by atoms with Gasteiger partial charge in [0, 0.05) is 24.4 Å². The van der Waals surface area contributed by atoms with E-state index in [1.54, 1.807) is 18.3 Å². The number of carbonyl (C=O) groups is 1. The predicted octanol–water partition coefficient (Wildman–Crippen LogP) is 2.83. The van der Waals surface area contributed by atoms with Crippen LogP contribution in [0.4, 0.5) is 4.39 Å². The van der Waals surface area contributed by atoms with Crippen molar-refractivity contribution in [3.05, 3.63) is 65.7 Å². The monoisotopic (exact) mass is 284 g/mol. The first kappa shape index (κ1) is 13.7. The van der Waals surface area contributed by atoms with E-state index in [1.165, 1.54) is 12.1 Å². The van der Waals surface area contributed by atoms with E-state index in [9.17, 15) is 9.18 Å². The minimum absolute atomic E-state index is 0.00485. The molecule has 1 unspecified atom stereocenters. The van der Waals surface area contributed by atoms with Gasteiger partial charge in [0.15, 0.2) is 0 Å². The number of amides is 1. The van der Waals surface area contributed by atoms with Crippen LogP contribution in [0.25, 0.3) is 0 Å². The molecule has 0 aliphatic heterocycles. The smallest absolute Gasteiger partial charge is 0.228 e. The topological polar surface area (TPSA) is 42.0 Å². The van der Waals surface area contributed by atoms with Crippen molar-refractivity contribution in [3.8, 4) is 0 Å². The van der Waals surface area contributed by atoms with Crippen LogP contribution in [0, 0.1) is 5.82 Å². The first-order valence-corrected chi connectivity index (χ1v) is 7.18. The Morgan fingerprint density at radius 3 is 2.62 bits per heavy atom. The van der Waals surface area contributed by atoms with Crippen LogP contribution in [0.1, 0.15) is 30.0 Å². The second-order valence-corrected chi connectivity index (χ2v) is 5.41. The van der Waals surface area contributed by atoms with Crippen molar-refractivity contribution < 1.29 is 9.18 Å². The van der Waals surface area contributed by atoms with Crippen LogP contribution in [0.3, 0.4) is 0 Å². The van der Waals surface area contributed by atoms with Gasteiger partial charge in [0.1, 0.15) is 5.82 Å². The summed E-state index contributed by atoms with van der Waals surface area (Å²) in [7, 11) is 0. The van der Waals surface area contributed by atoms with Gasteiger partial charge >= 0.3 is 0 Å². The number of carbonyl (C=O) groups excluding carboxylic acids is 1. The standard InChI is InChI=1S/C17H17FN2O/c18-13-6-4-12(5-7-13)16(17(21)20-14-8-9-14)11-15-3-1-2-10-19-15/h1-7,10,14,16H,8-9,11H2,(H,20,21). The molecule has 0 bridgehead atoms. The van der Waals surface area contributed by atoms with Crippen LogP contribution in [0.5, 0.6) is 0 Å². The summed E-state index contributed by atoms with van der Waals surface area (Å²) in [5, 5.41) is 3.03. The van der Waals surface area contributed by atoms with Crippen LogP contribution < -0.4 is 5.32 Å². The summed E-state index contributed by atoms with van der Waals surface area (Å²) in [4.78, 5) is 16.7. The molecule has 4 heteroatoms. The molecule has 1 heterocycles. The number of aromatic nitrogens is 1. The van der Waals surface area contributed by atoms with E-state index in [-0.39, 0.29) is 17.6 Å². The van der Waals surface area contributed by atoms with E-state index in [2.05, 4.69) is 10.3 Å². The molecule has 0 saturated heterocycles. The third-order valence-corrected chi connectivity index (χ3v) is 3.65. The fourth-order valence-electron chi connectivity index (χ4n) is 2.31. The quantitative estimate of drug-likeness (QED) is 0.917. The van der Waals surface area contributed by atoms with Gasteiger partial charge in [0.05, 0.1) is 5.92 Å². The number of pyridine rings is 1. The zero-order valence-corrected chi connectivity index (χ0v) is 11.6. The molecule has 2 aromatic rings. The second kappa shape index (κ2) is 6.04. The van der Waals surface area contributed by atoms with Crippen molar-refractivity contribution in [2.24, 2.45) is 0 Å². The van der Waals surface area contributed by atoms with Crippen LogP contribution in [0.2, 0.25) is 0 Å². The first-order chi connectivity index (χ1) is 10.2.